The molecule has 2 aromatic rings. The Labute approximate surface area is 127 Å². The van der Waals surface area contributed by atoms with Crippen molar-refractivity contribution in [2.75, 3.05) is 6.54 Å². The summed E-state index contributed by atoms with van der Waals surface area (Å²) in [5.74, 6) is 0.963. The predicted molar refractivity (Wildman–Crippen MR) is 82.6 cm³/mol. The maximum absolute atomic E-state index is 6.39. The number of hydrogen-bond acceptors (Lipinski definition) is 2. The summed E-state index contributed by atoms with van der Waals surface area (Å²) in [6, 6.07) is 10.1. The van der Waals surface area contributed by atoms with Crippen LogP contribution in [0.3, 0.4) is 0 Å². The van der Waals surface area contributed by atoms with Gasteiger partial charge in [-0.15, -0.1) is 0 Å². The summed E-state index contributed by atoms with van der Waals surface area (Å²) >= 11 is 9.87. The number of hydrogen-bond donors (Lipinski definition) is 1. The van der Waals surface area contributed by atoms with Crippen LogP contribution in [-0.4, -0.2) is 6.54 Å². The molecule has 0 aliphatic heterocycles. The van der Waals surface area contributed by atoms with Crippen LogP contribution in [0.4, 0.5) is 0 Å². The molecule has 1 unspecified atom stereocenters. The number of rotatable bonds is 6. The normalized spacial score (nSPS) is 12.6. The minimum absolute atomic E-state index is 0.163. The van der Waals surface area contributed by atoms with Crippen LogP contribution in [-0.2, 0) is 6.42 Å². The number of nitrogens with one attached hydrogen (secondary N) is 1. The molecule has 0 spiro atoms. The Bertz CT molecular complexity index is 513. The Kier molecular flexibility index (Phi) is 5.49. The Balaban J connectivity index is 2.23. The number of furan rings is 1. The zero-order valence-electron chi connectivity index (χ0n) is 10.8. The summed E-state index contributed by atoms with van der Waals surface area (Å²) in [5.41, 5.74) is 1.10. The zero-order valence-corrected chi connectivity index (χ0v) is 13.2. The van der Waals surface area contributed by atoms with E-state index in [1.807, 2.05) is 24.3 Å². The highest BCUT2D eigenvalue weighted by Crippen LogP contribution is 2.31. The van der Waals surface area contributed by atoms with Crippen LogP contribution in [0.2, 0.25) is 5.02 Å². The van der Waals surface area contributed by atoms with E-state index in [9.17, 15) is 0 Å². The largest absolute Gasteiger partial charge is 0.469 e. The maximum Gasteiger partial charge on any atom is 0.105 e. The molecule has 4 heteroatoms. The van der Waals surface area contributed by atoms with Gasteiger partial charge in [-0.3, -0.25) is 0 Å². The zero-order chi connectivity index (χ0) is 13.7. The van der Waals surface area contributed by atoms with Crippen molar-refractivity contribution in [3.05, 3.63) is 57.4 Å². The van der Waals surface area contributed by atoms with E-state index >= 15 is 0 Å². The molecule has 2 nitrogen and oxygen atoms in total. The van der Waals surface area contributed by atoms with Crippen molar-refractivity contribution in [3.8, 4) is 0 Å². The third kappa shape index (κ3) is 3.85. The fourth-order valence-electron chi connectivity index (χ4n) is 2.03. The van der Waals surface area contributed by atoms with E-state index in [1.165, 1.54) is 0 Å². The standard InChI is InChI=1S/C15H17BrClNO/c1-2-8-18-14(10-11-5-4-9-19-11)12-6-3-7-13(16)15(12)17/h3-7,9,14,18H,2,8,10H2,1H3. The molecule has 1 heterocycles. The van der Waals surface area contributed by atoms with Crippen LogP contribution in [0.1, 0.15) is 30.7 Å². The van der Waals surface area contributed by atoms with Crippen molar-refractivity contribution < 1.29 is 4.42 Å². The molecule has 1 aromatic carbocycles. The first-order valence-corrected chi connectivity index (χ1v) is 7.59. The second-order valence-electron chi connectivity index (χ2n) is 4.43. The fourth-order valence-corrected chi connectivity index (χ4v) is 2.67. The average molecular weight is 343 g/mol. The first kappa shape index (κ1) is 14.6. The molecule has 0 amide bonds. The van der Waals surface area contributed by atoms with Crippen molar-refractivity contribution in [2.45, 2.75) is 25.8 Å². The molecule has 1 atom stereocenters. The highest BCUT2D eigenvalue weighted by molar-refractivity contribution is 9.10. The summed E-state index contributed by atoms with van der Waals surface area (Å²) in [4.78, 5) is 0. The Morgan fingerprint density at radius 1 is 1.32 bits per heavy atom. The lowest BCUT2D eigenvalue weighted by molar-refractivity contribution is 0.449. The van der Waals surface area contributed by atoms with Crippen LogP contribution < -0.4 is 5.32 Å². The average Bonchev–Trinajstić information content (AvgIpc) is 2.91. The Morgan fingerprint density at radius 3 is 2.84 bits per heavy atom. The topological polar surface area (TPSA) is 25.2 Å². The molecule has 102 valence electrons. The van der Waals surface area contributed by atoms with E-state index in [4.69, 9.17) is 16.0 Å². The summed E-state index contributed by atoms with van der Waals surface area (Å²) in [6.07, 6.45) is 3.58. The van der Waals surface area contributed by atoms with Gasteiger partial charge in [-0.25, -0.2) is 0 Å². The molecule has 1 aromatic heterocycles. The Hall–Kier alpha value is -0.770. The number of halogens is 2. The summed E-state index contributed by atoms with van der Waals surface area (Å²) < 4.78 is 6.37. The van der Waals surface area contributed by atoms with E-state index in [2.05, 4.69) is 34.2 Å². The van der Waals surface area contributed by atoms with Gasteiger partial charge in [0.2, 0.25) is 0 Å². The van der Waals surface area contributed by atoms with Gasteiger partial charge in [-0.05, 0) is 52.7 Å². The summed E-state index contributed by atoms with van der Waals surface area (Å²) in [6.45, 7) is 3.10. The van der Waals surface area contributed by atoms with E-state index in [0.717, 1.165) is 40.2 Å². The van der Waals surface area contributed by atoms with Crippen molar-refractivity contribution >= 4 is 27.5 Å². The molecule has 19 heavy (non-hydrogen) atoms. The molecule has 1 N–H and O–H groups in total. The van der Waals surface area contributed by atoms with Crippen LogP contribution in [0.15, 0.2) is 45.5 Å². The molecule has 2 rings (SSSR count). The van der Waals surface area contributed by atoms with Gasteiger partial charge in [0, 0.05) is 16.9 Å². The van der Waals surface area contributed by atoms with Gasteiger partial charge in [-0.1, -0.05) is 30.7 Å². The maximum atomic E-state index is 6.39. The van der Waals surface area contributed by atoms with Gasteiger partial charge in [0.25, 0.3) is 0 Å². The lowest BCUT2D eigenvalue weighted by Crippen LogP contribution is -2.24. The van der Waals surface area contributed by atoms with Crippen molar-refractivity contribution in [1.82, 2.24) is 5.32 Å². The third-order valence-corrected chi connectivity index (χ3v) is 4.29. The molecule has 0 fully saturated rings. The van der Waals surface area contributed by atoms with Crippen LogP contribution in [0.25, 0.3) is 0 Å². The molecule has 0 bridgehead atoms. The van der Waals surface area contributed by atoms with E-state index in [1.54, 1.807) is 6.26 Å². The van der Waals surface area contributed by atoms with Gasteiger partial charge in [0.15, 0.2) is 0 Å². The molecular weight excluding hydrogens is 326 g/mol. The van der Waals surface area contributed by atoms with Crippen molar-refractivity contribution in [2.24, 2.45) is 0 Å². The van der Waals surface area contributed by atoms with Crippen LogP contribution in [0.5, 0.6) is 0 Å². The minimum Gasteiger partial charge on any atom is -0.469 e. The SMILES string of the molecule is CCCNC(Cc1ccco1)c1cccc(Br)c1Cl. The lowest BCUT2D eigenvalue weighted by atomic mass is 10.0. The first-order chi connectivity index (χ1) is 9.22. The van der Waals surface area contributed by atoms with Gasteiger partial charge in [0.05, 0.1) is 11.3 Å². The van der Waals surface area contributed by atoms with Gasteiger partial charge >= 0.3 is 0 Å². The molecular formula is C15H17BrClNO. The quantitative estimate of drug-likeness (QED) is 0.801. The predicted octanol–water partition coefficient (Wildman–Crippen LogP) is 4.98. The van der Waals surface area contributed by atoms with E-state index in [-0.39, 0.29) is 6.04 Å². The van der Waals surface area contributed by atoms with Crippen molar-refractivity contribution in [3.63, 3.8) is 0 Å². The number of benzene rings is 1. The van der Waals surface area contributed by atoms with Gasteiger partial charge in [0.1, 0.15) is 5.76 Å². The Morgan fingerprint density at radius 2 is 2.16 bits per heavy atom. The minimum atomic E-state index is 0.163. The molecule has 0 saturated carbocycles. The lowest BCUT2D eigenvalue weighted by Gasteiger charge is -2.19. The fraction of sp³-hybridized carbons (Fsp3) is 0.333. The van der Waals surface area contributed by atoms with Crippen LogP contribution >= 0.6 is 27.5 Å². The van der Waals surface area contributed by atoms with Crippen LogP contribution in [0, 0.1) is 0 Å². The molecule has 0 aliphatic rings. The van der Waals surface area contributed by atoms with Crippen molar-refractivity contribution in [1.29, 1.82) is 0 Å². The molecule has 0 aliphatic carbocycles. The van der Waals surface area contributed by atoms with E-state index in [0.29, 0.717) is 0 Å². The molecule has 0 radical (unpaired) electrons. The van der Waals surface area contributed by atoms with Gasteiger partial charge < -0.3 is 9.73 Å². The second kappa shape index (κ2) is 7.13. The van der Waals surface area contributed by atoms with E-state index < -0.39 is 0 Å². The highest BCUT2D eigenvalue weighted by Gasteiger charge is 2.17. The third-order valence-electron chi connectivity index (χ3n) is 2.98. The summed E-state index contributed by atoms with van der Waals surface area (Å²) in [5, 5.41) is 4.29. The molecule has 0 saturated heterocycles. The monoisotopic (exact) mass is 341 g/mol. The smallest absolute Gasteiger partial charge is 0.105 e. The highest BCUT2D eigenvalue weighted by atomic mass is 79.9. The second-order valence-corrected chi connectivity index (χ2v) is 5.67. The first-order valence-electron chi connectivity index (χ1n) is 6.42. The summed E-state index contributed by atoms with van der Waals surface area (Å²) in [7, 11) is 0. The van der Waals surface area contributed by atoms with Gasteiger partial charge in [-0.2, -0.15) is 0 Å².